The van der Waals surface area contributed by atoms with Crippen LogP contribution in [-0.4, -0.2) is 36.7 Å². The molecule has 0 radical (unpaired) electrons. The van der Waals surface area contributed by atoms with Gasteiger partial charge in [0.1, 0.15) is 10.0 Å². The van der Waals surface area contributed by atoms with Gasteiger partial charge in [0.15, 0.2) is 5.69 Å². The van der Waals surface area contributed by atoms with Crippen molar-refractivity contribution >= 4 is 33.1 Å². The Kier molecular flexibility index (Phi) is 8.65. The number of hydrogen-bond acceptors (Lipinski definition) is 5. The van der Waals surface area contributed by atoms with E-state index in [-0.39, 0.29) is 21.4 Å². The number of benzene rings is 1. The highest BCUT2D eigenvalue weighted by Crippen LogP contribution is 2.41. The second-order valence-corrected chi connectivity index (χ2v) is 11.8. The fourth-order valence-corrected chi connectivity index (χ4v) is 6.46. The Labute approximate surface area is 217 Å². The van der Waals surface area contributed by atoms with Crippen LogP contribution in [0.5, 0.6) is 0 Å². The average molecular weight is 554 g/mol. The van der Waals surface area contributed by atoms with Crippen molar-refractivity contribution in [2.75, 3.05) is 6.54 Å². The number of halogens is 3. The number of nitrogens with one attached hydrogen (secondary N) is 2. The van der Waals surface area contributed by atoms with Gasteiger partial charge in [-0.2, -0.15) is 13.2 Å². The van der Waals surface area contributed by atoms with Gasteiger partial charge >= 0.3 is 12.2 Å². The zero-order valence-electron chi connectivity index (χ0n) is 20.4. The van der Waals surface area contributed by atoms with Crippen LogP contribution in [0.25, 0.3) is 16.0 Å². The molecule has 0 saturated carbocycles. The first-order chi connectivity index (χ1) is 17.3. The number of nitrogens with zero attached hydrogens (tertiary/aromatic N) is 3. The van der Waals surface area contributed by atoms with E-state index in [0.29, 0.717) is 18.5 Å². The van der Waals surface area contributed by atoms with E-state index < -0.39 is 35.2 Å². The number of aryl methyl sites for hydroxylation is 1. The van der Waals surface area contributed by atoms with Crippen LogP contribution in [0.3, 0.4) is 0 Å². The number of thiophene rings is 1. The molecule has 0 aliphatic rings. The molecule has 2 amide bonds. The molecule has 2 heterocycles. The van der Waals surface area contributed by atoms with E-state index in [1.165, 1.54) is 0 Å². The number of urea groups is 1. The SMILES string of the molecule is [C-]#[N+]c1cc(Cn2ccnc2C)ccc1-c1cc(CC(C)C)sc1S(=O)(=O)NC(=O)NCCC(F)(F)F. The molecule has 3 rings (SSSR count). The lowest BCUT2D eigenvalue weighted by molar-refractivity contribution is -0.132. The minimum atomic E-state index is -4.49. The standard InChI is InChI=1S/C24H26F3N5O3S2/c1-15(2)11-18-13-20(22(36-18)37(34,35)31-23(33)30-8-7-24(25,26)27)19-6-5-17(12-21(19)28-4)14-32-10-9-29-16(32)3/h5-6,9-10,12-13,15H,7-8,11,14H2,1-3H3,(H2,30,31,33). The first-order valence-corrected chi connectivity index (χ1v) is 13.6. The Bertz CT molecular complexity index is 1420. The van der Waals surface area contributed by atoms with Crippen LogP contribution < -0.4 is 10.0 Å². The number of sulfonamides is 1. The number of hydrogen-bond donors (Lipinski definition) is 2. The summed E-state index contributed by atoms with van der Waals surface area (Å²) < 4.78 is 66.9. The minimum absolute atomic E-state index is 0.183. The van der Waals surface area contributed by atoms with Crippen LogP contribution in [-0.2, 0) is 23.0 Å². The van der Waals surface area contributed by atoms with Gasteiger partial charge in [-0.05, 0) is 36.5 Å². The molecule has 0 bridgehead atoms. The first kappa shape index (κ1) is 28.2. The van der Waals surface area contributed by atoms with Crippen molar-refractivity contribution in [3.63, 3.8) is 0 Å². The summed E-state index contributed by atoms with van der Waals surface area (Å²) in [5, 5.41) is 1.92. The van der Waals surface area contributed by atoms with E-state index in [2.05, 4.69) is 9.83 Å². The van der Waals surface area contributed by atoms with Gasteiger partial charge < -0.3 is 9.88 Å². The predicted octanol–water partition coefficient (Wildman–Crippen LogP) is 5.66. The summed E-state index contributed by atoms with van der Waals surface area (Å²) in [7, 11) is -4.44. The van der Waals surface area contributed by atoms with Crippen molar-refractivity contribution < 1.29 is 26.4 Å². The van der Waals surface area contributed by atoms with Gasteiger partial charge in [-0.25, -0.2) is 27.8 Å². The summed E-state index contributed by atoms with van der Waals surface area (Å²) >= 11 is 0.963. The number of carbonyl (C=O) groups excluding carboxylic acids is 1. The van der Waals surface area contributed by atoms with E-state index in [1.54, 1.807) is 35.2 Å². The van der Waals surface area contributed by atoms with E-state index in [0.717, 1.165) is 27.6 Å². The molecule has 0 saturated heterocycles. The van der Waals surface area contributed by atoms with Crippen molar-refractivity contribution in [2.24, 2.45) is 5.92 Å². The molecule has 1 aromatic carbocycles. The van der Waals surface area contributed by atoms with Crippen LogP contribution in [0.2, 0.25) is 0 Å². The summed E-state index contributed by atoms with van der Waals surface area (Å²) in [4.78, 5) is 20.6. The molecule has 0 unspecified atom stereocenters. The smallest absolute Gasteiger partial charge is 0.337 e. The maximum absolute atomic E-state index is 13.1. The topological polar surface area (TPSA) is 97.4 Å². The van der Waals surface area contributed by atoms with Crippen molar-refractivity contribution in [3.05, 3.63) is 64.3 Å². The van der Waals surface area contributed by atoms with Crippen LogP contribution >= 0.6 is 11.3 Å². The molecule has 3 aromatic rings. The maximum atomic E-state index is 13.1. The first-order valence-electron chi connectivity index (χ1n) is 11.3. The molecular weight excluding hydrogens is 527 g/mol. The summed E-state index contributed by atoms with van der Waals surface area (Å²) in [5.41, 5.74) is 1.69. The Morgan fingerprint density at radius 3 is 2.57 bits per heavy atom. The second kappa shape index (κ2) is 11.4. The highest BCUT2D eigenvalue weighted by molar-refractivity contribution is 7.92. The number of carbonyl (C=O) groups is 1. The molecule has 37 heavy (non-hydrogen) atoms. The summed E-state index contributed by atoms with van der Waals surface area (Å²) in [5.74, 6) is 1.01. The van der Waals surface area contributed by atoms with Gasteiger partial charge in [0.05, 0.1) is 13.0 Å². The fourth-order valence-electron chi connectivity index (χ4n) is 3.60. The average Bonchev–Trinajstić information content (AvgIpc) is 3.38. The quantitative estimate of drug-likeness (QED) is 0.334. The van der Waals surface area contributed by atoms with Gasteiger partial charge in [0.25, 0.3) is 10.0 Å². The Balaban J connectivity index is 1.95. The lowest BCUT2D eigenvalue weighted by Gasteiger charge is -2.12. The maximum Gasteiger partial charge on any atom is 0.390 e. The summed E-state index contributed by atoms with van der Waals surface area (Å²) in [6.07, 6.45) is -1.73. The predicted molar refractivity (Wildman–Crippen MR) is 135 cm³/mol. The Morgan fingerprint density at radius 1 is 1.24 bits per heavy atom. The molecule has 2 N–H and O–H groups in total. The molecule has 0 spiro atoms. The fraction of sp³-hybridized carbons (Fsp3) is 0.375. The zero-order chi connectivity index (χ0) is 27.4. The lowest BCUT2D eigenvalue weighted by Crippen LogP contribution is -2.40. The zero-order valence-corrected chi connectivity index (χ0v) is 22.0. The number of alkyl halides is 3. The third-order valence-electron chi connectivity index (χ3n) is 5.27. The van der Waals surface area contributed by atoms with Gasteiger partial charge in [-0.15, -0.1) is 11.3 Å². The Hall–Kier alpha value is -3.37. The van der Waals surface area contributed by atoms with Gasteiger partial charge in [0.2, 0.25) is 0 Å². The highest BCUT2D eigenvalue weighted by Gasteiger charge is 2.29. The molecule has 8 nitrogen and oxygen atoms in total. The van der Waals surface area contributed by atoms with Crippen molar-refractivity contribution in [1.29, 1.82) is 0 Å². The van der Waals surface area contributed by atoms with E-state index in [9.17, 15) is 26.4 Å². The molecule has 0 fully saturated rings. The highest BCUT2D eigenvalue weighted by atomic mass is 32.2. The second-order valence-electron chi connectivity index (χ2n) is 8.80. The van der Waals surface area contributed by atoms with Crippen molar-refractivity contribution in [2.45, 2.75) is 50.5 Å². The van der Waals surface area contributed by atoms with Gasteiger partial charge in [0, 0.05) is 35.9 Å². The molecule has 2 aromatic heterocycles. The van der Waals surface area contributed by atoms with Crippen molar-refractivity contribution in [1.82, 2.24) is 19.6 Å². The molecule has 0 atom stereocenters. The third-order valence-corrected chi connectivity index (χ3v) is 8.30. The van der Waals surface area contributed by atoms with E-state index in [1.807, 2.05) is 36.9 Å². The van der Waals surface area contributed by atoms with Crippen LogP contribution in [0.1, 0.15) is 36.5 Å². The number of imidazole rings is 1. The van der Waals surface area contributed by atoms with Crippen LogP contribution in [0, 0.1) is 19.4 Å². The Morgan fingerprint density at radius 2 is 1.97 bits per heavy atom. The molecule has 0 aliphatic heterocycles. The van der Waals surface area contributed by atoms with Crippen LogP contribution in [0.15, 0.2) is 40.9 Å². The molecule has 13 heteroatoms. The van der Waals surface area contributed by atoms with Crippen molar-refractivity contribution in [3.8, 4) is 11.1 Å². The molecular formula is C24H26F3N5O3S2. The molecule has 0 aliphatic carbocycles. The minimum Gasteiger partial charge on any atom is -0.337 e. The number of amides is 2. The summed E-state index contributed by atoms with van der Waals surface area (Å²) in [6.45, 7) is 13.2. The van der Waals surface area contributed by atoms with Gasteiger partial charge in [-0.1, -0.05) is 32.0 Å². The lowest BCUT2D eigenvalue weighted by atomic mass is 10.0. The van der Waals surface area contributed by atoms with E-state index >= 15 is 0 Å². The normalized spacial score (nSPS) is 11.9. The van der Waals surface area contributed by atoms with E-state index in [4.69, 9.17) is 6.57 Å². The largest absolute Gasteiger partial charge is 0.390 e. The third kappa shape index (κ3) is 7.56. The van der Waals surface area contributed by atoms with Crippen LogP contribution in [0.4, 0.5) is 23.7 Å². The molecule has 198 valence electrons. The van der Waals surface area contributed by atoms with Gasteiger partial charge in [-0.3, -0.25) is 0 Å². The number of aromatic nitrogens is 2. The summed E-state index contributed by atoms with van der Waals surface area (Å²) in [6, 6.07) is 5.56. The number of rotatable bonds is 9. The monoisotopic (exact) mass is 553 g/mol.